The lowest BCUT2D eigenvalue weighted by Gasteiger charge is -2.30. The van der Waals surface area contributed by atoms with E-state index in [0.717, 1.165) is 15.4 Å². The fraction of sp³-hybridized carbons (Fsp3) is 0.242. The molecule has 2 heterocycles. The number of nitrogens with zero attached hydrogens (tertiary/aromatic N) is 1. The van der Waals surface area contributed by atoms with Gasteiger partial charge < -0.3 is 20.4 Å². The second-order valence-corrected chi connectivity index (χ2v) is 11.5. The van der Waals surface area contributed by atoms with E-state index in [-0.39, 0.29) is 35.9 Å². The fourth-order valence-corrected chi connectivity index (χ4v) is 5.71. The average Bonchev–Trinajstić information content (AvgIpc) is 3.67. The Kier molecular flexibility index (Phi) is 8.67. The van der Waals surface area contributed by atoms with Gasteiger partial charge >= 0.3 is 5.92 Å². The molecule has 0 bridgehead atoms. The molecule has 0 saturated heterocycles. The number of unbranched alkanes of at least 4 members (excludes halogenated alkanes) is 1. The summed E-state index contributed by atoms with van der Waals surface area (Å²) < 4.78 is 64.3. The van der Waals surface area contributed by atoms with Gasteiger partial charge in [-0.25, -0.2) is 13.8 Å². The van der Waals surface area contributed by atoms with E-state index < -0.39 is 29.4 Å². The van der Waals surface area contributed by atoms with E-state index in [4.69, 9.17) is 16.9 Å². The van der Waals surface area contributed by atoms with Crippen molar-refractivity contribution in [3.05, 3.63) is 99.9 Å². The number of benzene rings is 3. The SMILES string of the molecule is C#CC(F)(F)CCCCC(C)(c1cccc(Br)c1)c1cnc(-c2cc(Oc3c(F)cc4[nH]ccc4c3CN)ccc2F)[nH]1. The van der Waals surface area contributed by atoms with Crippen molar-refractivity contribution in [1.29, 1.82) is 0 Å². The summed E-state index contributed by atoms with van der Waals surface area (Å²) >= 11 is 3.51. The summed E-state index contributed by atoms with van der Waals surface area (Å²) in [7, 11) is 0. The first-order valence-electron chi connectivity index (χ1n) is 13.7. The van der Waals surface area contributed by atoms with Crippen molar-refractivity contribution in [1.82, 2.24) is 15.0 Å². The number of rotatable bonds is 11. The van der Waals surface area contributed by atoms with Crippen LogP contribution in [0, 0.1) is 24.0 Å². The van der Waals surface area contributed by atoms with Crippen LogP contribution in [0.3, 0.4) is 0 Å². The summed E-state index contributed by atoms with van der Waals surface area (Å²) in [5, 5.41) is 0.728. The van der Waals surface area contributed by atoms with Gasteiger partial charge in [-0.3, -0.25) is 0 Å². The van der Waals surface area contributed by atoms with E-state index in [1.54, 1.807) is 24.4 Å². The smallest absolute Gasteiger partial charge is 0.307 e. The number of aromatic nitrogens is 3. The number of ether oxygens (including phenoxy) is 1. The zero-order valence-electron chi connectivity index (χ0n) is 23.3. The van der Waals surface area contributed by atoms with Crippen LogP contribution in [-0.2, 0) is 12.0 Å². The number of halogens is 5. The molecular formula is C33H29BrF4N4O. The van der Waals surface area contributed by atoms with E-state index in [1.165, 1.54) is 24.3 Å². The van der Waals surface area contributed by atoms with Crippen LogP contribution in [0.4, 0.5) is 17.6 Å². The van der Waals surface area contributed by atoms with Crippen LogP contribution in [-0.4, -0.2) is 20.9 Å². The highest BCUT2D eigenvalue weighted by Crippen LogP contribution is 2.40. The molecule has 0 aliphatic heterocycles. The van der Waals surface area contributed by atoms with E-state index >= 15 is 8.78 Å². The number of imidazole rings is 1. The minimum atomic E-state index is -3.15. The Morgan fingerprint density at radius 1 is 1.05 bits per heavy atom. The summed E-state index contributed by atoms with van der Waals surface area (Å²) in [6, 6.07) is 14.9. The molecule has 5 nitrogen and oxygen atoms in total. The number of terminal acetylenes is 1. The van der Waals surface area contributed by atoms with E-state index in [1.807, 2.05) is 31.2 Å². The van der Waals surface area contributed by atoms with Crippen LogP contribution in [0.2, 0.25) is 0 Å². The van der Waals surface area contributed by atoms with Gasteiger partial charge in [0.05, 0.1) is 5.56 Å². The molecule has 0 amide bonds. The first-order chi connectivity index (χ1) is 20.5. The number of nitrogens with one attached hydrogen (secondary N) is 2. The Bertz CT molecular complexity index is 1810. The Morgan fingerprint density at radius 3 is 2.58 bits per heavy atom. The van der Waals surface area contributed by atoms with Crippen molar-refractivity contribution >= 4 is 26.8 Å². The highest BCUT2D eigenvalue weighted by molar-refractivity contribution is 9.10. The van der Waals surface area contributed by atoms with Crippen LogP contribution in [0.25, 0.3) is 22.3 Å². The normalized spacial score (nSPS) is 13.2. The number of alkyl halides is 2. The molecular weight excluding hydrogens is 624 g/mol. The Balaban J connectivity index is 1.46. The second-order valence-electron chi connectivity index (χ2n) is 10.6. The van der Waals surface area contributed by atoms with E-state index in [9.17, 15) is 8.78 Å². The van der Waals surface area contributed by atoms with Gasteiger partial charge in [-0.05, 0) is 67.6 Å². The van der Waals surface area contributed by atoms with Crippen molar-refractivity contribution in [2.45, 2.75) is 50.5 Å². The van der Waals surface area contributed by atoms with Gasteiger partial charge in [0, 0.05) is 63.5 Å². The summed E-state index contributed by atoms with van der Waals surface area (Å²) in [5.74, 6) is -2.38. The summed E-state index contributed by atoms with van der Waals surface area (Å²) in [6.45, 7) is 2.02. The van der Waals surface area contributed by atoms with Gasteiger partial charge in [-0.15, -0.1) is 6.42 Å². The predicted octanol–water partition coefficient (Wildman–Crippen LogP) is 8.98. The van der Waals surface area contributed by atoms with E-state index in [0.29, 0.717) is 29.6 Å². The van der Waals surface area contributed by atoms with Gasteiger partial charge in [-0.2, -0.15) is 8.78 Å². The molecule has 0 saturated carbocycles. The quantitative estimate of drug-likeness (QED) is 0.0757. The maximum atomic E-state index is 15.2. The van der Waals surface area contributed by atoms with Crippen molar-refractivity contribution < 1.29 is 22.3 Å². The zero-order chi connectivity index (χ0) is 30.8. The standard InChI is InChI=1S/C33H29BrF4N4O/c1-3-33(37,38)13-5-4-12-32(2,20-7-6-8-21(34)15-20)29-19-41-31(42-29)24-16-22(9-10-26(24)35)43-30-25(18-39)23-11-14-40-28(23)17-27(30)36/h1,6-11,14-17,19,40H,4-5,12-13,18,39H2,2H3,(H,41,42). The maximum absolute atomic E-state index is 15.2. The van der Waals surface area contributed by atoms with Crippen molar-refractivity contribution in [3.63, 3.8) is 0 Å². The van der Waals surface area contributed by atoms with Gasteiger partial charge in [-0.1, -0.05) is 34.5 Å². The predicted molar refractivity (Wildman–Crippen MR) is 163 cm³/mol. The van der Waals surface area contributed by atoms with Crippen LogP contribution < -0.4 is 10.5 Å². The lowest BCUT2D eigenvalue weighted by Crippen LogP contribution is -2.24. The van der Waals surface area contributed by atoms with E-state index in [2.05, 4.69) is 30.9 Å². The highest BCUT2D eigenvalue weighted by Gasteiger charge is 2.32. The third-order valence-electron chi connectivity index (χ3n) is 7.74. The van der Waals surface area contributed by atoms with Crippen molar-refractivity contribution in [2.24, 2.45) is 5.73 Å². The molecule has 0 aliphatic carbocycles. The minimum absolute atomic E-state index is 0.0333. The molecule has 5 aromatic rings. The number of nitrogens with two attached hydrogens (primary N) is 1. The average molecular weight is 654 g/mol. The molecule has 0 fully saturated rings. The van der Waals surface area contributed by atoms with Crippen molar-refractivity contribution in [2.75, 3.05) is 0 Å². The lowest BCUT2D eigenvalue weighted by atomic mass is 9.75. The second kappa shape index (κ2) is 12.3. The Labute approximate surface area is 255 Å². The fourth-order valence-electron chi connectivity index (χ4n) is 5.31. The summed E-state index contributed by atoms with van der Waals surface area (Å²) in [5.41, 5.74) is 8.04. The Morgan fingerprint density at radius 2 is 1.84 bits per heavy atom. The van der Waals surface area contributed by atoms with Gasteiger partial charge in [0.25, 0.3) is 0 Å². The largest absolute Gasteiger partial charge is 0.454 e. The topological polar surface area (TPSA) is 79.7 Å². The lowest BCUT2D eigenvalue weighted by molar-refractivity contribution is 0.0535. The molecule has 0 radical (unpaired) electrons. The molecule has 3 aromatic carbocycles. The molecule has 1 unspecified atom stereocenters. The first-order valence-corrected chi connectivity index (χ1v) is 14.5. The maximum Gasteiger partial charge on any atom is 0.307 e. The molecule has 0 spiro atoms. The number of hydrogen-bond donors (Lipinski definition) is 3. The number of H-pyrrole nitrogens is 2. The molecule has 2 aromatic heterocycles. The first kappa shape index (κ1) is 30.4. The summed E-state index contributed by atoms with van der Waals surface area (Å²) in [4.78, 5) is 10.7. The molecule has 1 atom stereocenters. The van der Waals surface area contributed by atoms with Crippen LogP contribution in [0.5, 0.6) is 11.5 Å². The zero-order valence-corrected chi connectivity index (χ0v) is 24.9. The van der Waals surface area contributed by atoms with Crippen molar-refractivity contribution in [3.8, 4) is 35.2 Å². The van der Waals surface area contributed by atoms with Gasteiger partial charge in [0.2, 0.25) is 0 Å². The Hall–Kier alpha value is -4.07. The van der Waals surface area contributed by atoms with Crippen LogP contribution in [0.1, 0.15) is 49.4 Å². The highest BCUT2D eigenvalue weighted by atomic mass is 79.9. The molecule has 5 rings (SSSR count). The number of fused-ring (bicyclic) bond motifs is 1. The third-order valence-corrected chi connectivity index (χ3v) is 8.24. The minimum Gasteiger partial charge on any atom is -0.454 e. The number of aromatic amines is 2. The third kappa shape index (κ3) is 6.33. The molecule has 4 N–H and O–H groups in total. The summed E-state index contributed by atoms with van der Waals surface area (Å²) in [6.07, 6.45) is 9.04. The molecule has 10 heteroatoms. The monoisotopic (exact) mass is 652 g/mol. The van der Waals surface area contributed by atoms with Crippen LogP contribution in [0.15, 0.2) is 71.5 Å². The number of hydrogen-bond acceptors (Lipinski definition) is 3. The van der Waals surface area contributed by atoms with Gasteiger partial charge in [0.15, 0.2) is 11.6 Å². The molecule has 43 heavy (non-hydrogen) atoms. The molecule has 0 aliphatic rings. The van der Waals surface area contributed by atoms with Crippen LogP contribution >= 0.6 is 15.9 Å². The molecule has 222 valence electrons. The van der Waals surface area contributed by atoms with Gasteiger partial charge in [0.1, 0.15) is 17.4 Å².